The molecule has 2 rings (SSSR count). The Labute approximate surface area is 136 Å². The SMILES string of the molecule is CNCC1CCN(C(=O)C(C)NS(=O)(=O)c2ccccc2F)C1. The summed E-state index contributed by atoms with van der Waals surface area (Å²) in [5.41, 5.74) is 0. The lowest BCUT2D eigenvalue weighted by Gasteiger charge is -2.22. The number of rotatable bonds is 6. The first-order valence-electron chi connectivity index (χ1n) is 7.55. The number of sulfonamides is 1. The Morgan fingerprint density at radius 3 is 2.78 bits per heavy atom. The van der Waals surface area contributed by atoms with Crippen LogP contribution in [0.15, 0.2) is 29.2 Å². The minimum absolute atomic E-state index is 0.288. The lowest BCUT2D eigenvalue weighted by atomic mass is 10.1. The standard InChI is InChI=1S/C15H22FN3O3S/c1-11(15(20)19-8-7-12(10-19)9-17-2)18-23(21,22)14-6-4-3-5-13(14)16/h3-6,11-12,17-18H,7-10H2,1-2H3. The Bertz CT molecular complexity index is 666. The summed E-state index contributed by atoms with van der Waals surface area (Å²) < 4.78 is 40.3. The quantitative estimate of drug-likeness (QED) is 0.791. The summed E-state index contributed by atoms with van der Waals surface area (Å²) in [4.78, 5) is 13.6. The molecule has 2 atom stereocenters. The molecule has 1 heterocycles. The highest BCUT2D eigenvalue weighted by Crippen LogP contribution is 2.18. The van der Waals surface area contributed by atoms with Crippen LogP contribution in [-0.4, -0.2) is 51.9 Å². The van der Waals surface area contributed by atoms with Gasteiger partial charge in [-0.25, -0.2) is 12.8 Å². The lowest BCUT2D eigenvalue weighted by Crippen LogP contribution is -2.46. The second-order valence-corrected chi connectivity index (χ2v) is 7.45. The second-order valence-electron chi connectivity index (χ2n) is 5.77. The van der Waals surface area contributed by atoms with Crippen LogP contribution >= 0.6 is 0 Å². The van der Waals surface area contributed by atoms with Gasteiger partial charge in [0.25, 0.3) is 0 Å². The third kappa shape index (κ3) is 4.27. The number of likely N-dealkylation sites (tertiary alicyclic amines) is 1. The van der Waals surface area contributed by atoms with E-state index in [-0.39, 0.29) is 5.91 Å². The average Bonchev–Trinajstić information content (AvgIpc) is 2.95. The maximum Gasteiger partial charge on any atom is 0.244 e. The third-order valence-electron chi connectivity index (χ3n) is 3.92. The van der Waals surface area contributed by atoms with Gasteiger partial charge in [-0.3, -0.25) is 4.79 Å². The van der Waals surface area contributed by atoms with Crippen molar-refractivity contribution in [2.75, 3.05) is 26.7 Å². The van der Waals surface area contributed by atoms with E-state index in [1.165, 1.54) is 25.1 Å². The lowest BCUT2D eigenvalue weighted by molar-refractivity contribution is -0.131. The van der Waals surface area contributed by atoms with Crippen molar-refractivity contribution in [3.05, 3.63) is 30.1 Å². The molecule has 0 saturated carbocycles. The molecule has 1 fully saturated rings. The van der Waals surface area contributed by atoms with E-state index in [9.17, 15) is 17.6 Å². The van der Waals surface area contributed by atoms with Gasteiger partial charge in [0.2, 0.25) is 15.9 Å². The average molecular weight is 343 g/mol. The largest absolute Gasteiger partial charge is 0.341 e. The van der Waals surface area contributed by atoms with Gasteiger partial charge in [-0.2, -0.15) is 4.72 Å². The van der Waals surface area contributed by atoms with E-state index in [0.29, 0.717) is 19.0 Å². The van der Waals surface area contributed by atoms with Crippen LogP contribution in [0.5, 0.6) is 0 Å². The first kappa shape index (κ1) is 17.8. The van der Waals surface area contributed by atoms with Crippen LogP contribution in [0.25, 0.3) is 0 Å². The number of carbonyl (C=O) groups excluding carboxylic acids is 1. The number of nitrogens with zero attached hydrogens (tertiary/aromatic N) is 1. The van der Waals surface area contributed by atoms with E-state index < -0.39 is 26.8 Å². The van der Waals surface area contributed by atoms with E-state index in [1.54, 1.807) is 4.90 Å². The van der Waals surface area contributed by atoms with E-state index in [2.05, 4.69) is 10.0 Å². The molecule has 23 heavy (non-hydrogen) atoms. The highest BCUT2D eigenvalue weighted by Gasteiger charge is 2.31. The molecule has 0 spiro atoms. The topological polar surface area (TPSA) is 78.5 Å². The third-order valence-corrected chi connectivity index (χ3v) is 5.49. The predicted molar refractivity (Wildman–Crippen MR) is 84.8 cm³/mol. The number of hydrogen-bond acceptors (Lipinski definition) is 4. The second kappa shape index (κ2) is 7.37. The molecule has 1 aromatic rings. The molecular weight excluding hydrogens is 321 g/mol. The van der Waals surface area contributed by atoms with E-state index in [1.807, 2.05) is 7.05 Å². The van der Waals surface area contributed by atoms with Crippen molar-refractivity contribution in [2.45, 2.75) is 24.3 Å². The molecule has 2 unspecified atom stereocenters. The Morgan fingerprint density at radius 2 is 2.13 bits per heavy atom. The molecule has 1 aliphatic heterocycles. The molecule has 1 amide bonds. The smallest absolute Gasteiger partial charge is 0.244 e. The van der Waals surface area contributed by atoms with E-state index in [4.69, 9.17) is 0 Å². The monoisotopic (exact) mass is 343 g/mol. The zero-order valence-electron chi connectivity index (χ0n) is 13.3. The zero-order chi connectivity index (χ0) is 17.0. The predicted octanol–water partition coefficient (Wildman–Crippen LogP) is 0.560. The van der Waals surface area contributed by atoms with Gasteiger partial charge in [0.1, 0.15) is 10.7 Å². The van der Waals surface area contributed by atoms with Gasteiger partial charge in [0.05, 0.1) is 6.04 Å². The molecule has 0 bridgehead atoms. The zero-order valence-corrected chi connectivity index (χ0v) is 14.1. The molecule has 8 heteroatoms. The summed E-state index contributed by atoms with van der Waals surface area (Å²) in [5, 5.41) is 3.07. The van der Waals surface area contributed by atoms with E-state index in [0.717, 1.165) is 19.0 Å². The van der Waals surface area contributed by atoms with Gasteiger partial charge in [0, 0.05) is 13.1 Å². The molecule has 128 valence electrons. The molecule has 1 saturated heterocycles. The Kier molecular flexibility index (Phi) is 5.72. The Balaban J connectivity index is 2.02. The fourth-order valence-corrected chi connectivity index (χ4v) is 4.05. The minimum Gasteiger partial charge on any atom is -0.341 e. The molecule has 1 aliphatic rings. The summed E-state index contributed by atoms with van der Waals surface area (Å²) in [7, 11) is -2.22. The van der Waals surface area contributed by atoms with Crippen molar-refractivity contribution < 1.29 is 17.6 Å². The highest BCUT2D eigenvalue weighted by molar-refractivity contribution is 7.89. The summed E-state index contributed by atoms with van der Waals surface area (Å²) in [6, 6.07) is 4.16. The number of halogens is 1. The number of amides is 1. The van der Waals surface area contributed by atoms with Crippen molar-refractivity contribution in [3.63, 3.8) is 0 Å². The molecule has 2 N–H and O–H groups in total. The van der Waals surface area contributed by atoms with Gasteiger partial charge in [-0.15, -0.1) is 0 Å². The molecule has 0 aromatic heterocycles. The highest BCUT2D eigenvalue weighted by atomic mass is 32.2. The van der Waals surface area contributed by atoms with Crippen molar-refractivity contribution in [1.82, 2.24) is 14.9 Å². The molecule has 6 nitrogen and oxygen atoms in total. The maximum atomic E-state index is 13.7. The van der Waals surface area contributed by atoms with Crippen LogP contribution in [0, 0.1) is 11.7 Å². The van der Waals surface area contributed by atoms with Crippen LogP contribution in [0.4, 0.5) is 4.39 Å². The molecule has 0 radical (unpaired) electrons. The Morgan fingerprint density at radius 1 is 1.43 bits per heavy atom. The fraction of sp³-hybridized carbons (Fsp3) is 0.533. The summed E-state index contributed by atoms with van der Waals surface area (Å²) in [6.45, 7) is 3.51. The van der Waals surface area contributed by atoms with Crippen LogP contribution in [0.3, 0.4) is 0 Å². The summed E-state index contributed by atoms with van der Waals surface area (Å²) in [5.74, 6) is -0.752. The normalized spacial score (nSPS) is 19.8. The van der Waals surface area contributed by atoms with Gasteiger partial charge in [-0.05, 0) is 45.0 Å². The fourth-order valence-electron chi connectivity index (χ4n) is 2.77. The number of benzene rings is 1. The minimum atomic E-state index is -4.07. The maximum absolute atomic E-state index is 13.7. The van der Waals surface area contributed by atoms with Crippen LogP contribution in [-0.2, 0) is 14.8 Å². The molecular formula is C15H22FN3O3S. The van der Waals surface area contributed by atoms with E-state index >= 15 is 0 Å². The van der Waals surface area contributed by atoms with Crippen molar-refractivity contribution in [1.29, 1.82) is 0 Å². The van der Waals surface area contributed by atoms with Crippen LogP contribution in [0.1, 0.15) is 13.3 Å². The van der Waals surface area contributed by atoms with Crippen molar-refractivity contribution in [3.8, 4) is 0 Å². The summed E-state index contributed by atoms with van der Waals surface area (Å²) >= 11 is 0. The molecule has 0 aliphatic carbocycles. The summed E-state index contributed by atoms with van der Waals surface area (Å²) in [6.07, 6.45) is 0.888. The first-order chi connectivity index (χ1) is 10.8. The number of carbonyl (C=O) groups is 1. The van der Waals surface area contributed by atoms with Gasteiger partial charge in [0.15, 0.2) is 0 Å². The number of nitrogens with one attached hydrogen (secondary N) is 2. The number of hydrogen-bond donors (Lipinski definition) is 2. The van der Waals surface area contributed by atoms with Crippen molar-refractivity contribution in [2.24, 2.45) is 5.92 Å². The van der Waals surface area contributed by atoms with Crippen LogP contribution < -0.4 is 10.0 Å². The van der Waals surface area contributed by atoms with Gasteiger partial charge in [-0.1, -0.05) is 12.1 Å². The first-order valence-corrected chi connectivity index (χ1v) is 9.03. The van der Waals surface area contributed by atoms with Gasteiger partial charge < -0.3 is 10.2 Å². The van der Waals surface area contributed by atoms with Crippen molar-refractivity contribution >= 4 is 15.9 Å². The molecule has 1 aromatic carbocycles. The van der Waals surface area contributed by atoms with Crippen LogP contribution in [0.2, 0.25) is 0 Å². The Hall–Kier alpha value is -1.51. The van der Waals surface area contributed by atoms with Gasteiger partial charge >= 0.3 is 0 Å².